The number of esters is 1. The van der Waals surface area contributed by atoms with Crippen LogP contribution >= 0.6 is 0 Å². The predicted octanol–water partition coefficient (Wildman–Crippen LogP) is 0.940. The van der Waals surface area contributed by atoms with Crippen molar-refractivity contribution < 1.29 is 18.3 Å². The summed E-state index contributed by atoms with van der Waals surface area (Å²) in [4.78, 5) is 10.8. The first-order valence-corrected chi connectivity index (χ1v) is 5.14. The van der Waals surface area contributed by atoms with Crippen molar-refractivity contribution >= 4 is 17.0 Å². The van der Waals surface area contributed by atoms with Crippen LogP contribution < -0.4 is 0 Å². The molecule has 0 spiro atoms. The van der Waals surface area contributed by atoms with Gasteiger partial charge in [-0.3, -0.25) is 4.79 Å². The summed E-state index contributed by atoms with van der Waals surface area (Å²) in [6.07, 6.45) is 1.35. The third-order valence-electron chi connectivity index (χ3n) is 1.45. The smallest absolute Gasteiger partial charge is 0.321 e. The van der Waals surface area contributed by atoms with Gasteiger partial charge in [-0.25, -0.2) is 4.21 Å². The molecule has 1 atom stereocenters. The third kappa shape index (κ3) is 5.26. The van der Waals surface area contributed by atoms with Crippen molar-refractivity contribution in [2.75, 3.05) is 5.75 Å². The highest BCUT2D eigenvalue weighted by Gasteiger charge is 2.12. The molecule has 0 aliphatic carbocycles. The zero-order valence-corrected chi connectivity index (χ0v) is 8.10. The molecular weight excluding hydrogens is 180 g/mol. The molecule has 0 saturated carbocycles. The summed E-state index contributed by atoms with van der Waals surface area (Å²) >= 11 is -2.09. The van der Waals surface area contributed by atoms with E-state index in [1.807, 2.05) is 13.8 Å². The molecule has 0 fully saturated rings. The number of ether oxygens (including phenoxy) is 1. The first kappa shape index (κ1) is 11.6. The lowest BCUT2D eigenvalue weighted by molar-refractivity contribution is -0.146. The molecule has 0 aliphatic heterocycles. The average molecular weight is 194 g/mol. The standard InChI is InChI=1S/C7H14O4S/c1-3-6(4-2)11-7(8)5-12(9)10/h6H,3-5H2,1-2H3,(H,9,10). The molecule has 12 heavy (non-hydrogen) atoms. The van der Waals surface area contributed by atoms with E-state index in [1.54, 1.807) is 0 Å². The van der Waals surface area contributed by atoms with Crippen LogP contribution in [-0.2, 0) is 20.6 Å². The van der Waals surface area contributed by atoms with Gasteiger partial charge in [0.25, 0.3) is 0 Å². The quantitative estimate of drug-likeness (QED) is 0.522. The lowest BCUT2D eigenvalue weighted by Crippen LogP contribution is -2.20. The van der Waals surface area contributed by atoms with E-state index >= 15 is 0 Å². The van der Waals surface area contributed by atoms with Crippen LogP contribution in [0.5, 0.6) is 0 Å². The molecule has 0 aromatic carbocycles. The van der Waals surface area contributed by atoms with Gasteiger partial charge in [-0.2, -0.15) is 0 Å². The Kier molecular flexibility index (Phi) is 5.92. The number of carbonyl (C=O) groups excluding carboxylic acids is 1. The molecule has 0 radical (unpaired) electrons. The molecule has 0 saturated heterocycles. The Morgan fingerprint density at radius 1 is 1.50 bits per heavy atom. The minimum Gasteiger partial charge on any atom is -0.462 e. The monoisotopic (exact) mass is 194 g/mol. The fourth-order valence-corrected chi connectivity index (χ4v) is 1.05. The van der Waals surface area contributed by atoms with Gasteiger partial charge >= 0.3 is 5.97 Å². The van der Waals surface area contributed by atoms with Gasteiger partial charge in [0.2, 0.25) is 0 Å². The van der Waals surface area contributed by atoms with Crippen LogP contribution in [-0.4, -0.2) is 26.6 Å². The summed E-state index contributed by atoms with van der Waals surface area (Å²) < 4.78 is 23.4. The van der Waals surface area contributed by atoms with E-state index in [9.17, 15) is 9.00 Å². The van der Waals surface area contributed by atoms with E-state index in [0.717, 1.165) is 12.8 Å². The number of hydrogen-bond donors (Lipinski definition) is 1. The van der Waals surface area contributed by atoms with Crippen LogP contribution in [0.3, 0.4) is 0 Å². The third-order valence-corrected chi connectivity index (χ3v) is 1.93. The zero-order valence-electron chi connectivity index (χ0n) is 7.28. The maximum atomic E-state index is 10.8. The van der Waals surface area contributed by atoms with Crippen molar-refractivity contribution in [3.63, 3.8) is 0 Å². The van der Waals surface area contributed by atoms with E-state index in [0.29, 0.717) is 0 Å². The molecular formula is C7H14O4S. The van der Waals surface area contributed by atoms with Gasteiger partial charge in [0.1, 0.15) is 11.9 Å². The molecule has 4 nitrogen and oxygen atoms in total. The SMILES string of the molecule is CCC(CC)OC(=O)CS(=O)O. The second-order valence-electron chi connectivity index (χ2n) is 2.39. The van der Waals surface area contributed by atoms with Crippen LogP contribution in [0.4, 0.5) is 0 Å². The minimum absolute atomic E-state index is 0.124. The molecule has 0 rings (SSSR count). The van der Waals surface area contributed by atoms with Crippen molar-refractivity contribution in [2.45, 2.75) is 32.8 Å². The van der Waals surface area contributed by atoms with Gasteiger partial charge in [0, 0.05) is 0 Å². The van der Waals surface area contributed by atoms with Gasteiger partial charge in [0.05, 0.1) is 0 Å². The maximum absolute atomic E-state index is 10.8. The van der Waals surface area contributed by atoms with E-state index in [1.165, 1.54) is 0 Å². The van der Waals surface area contributed by atoms with E-state index in [2.05, 4.69) is 0 Å². The predicted molar refractivity (Wildman–Crippen MR) is 46.1 cm³/mol. The number of carbonyl (C=O) groups is 1. The highest BCUT2D eigenvalue weighted by Crippen LogP contribution is 2.02. The van der Waals surface area contributed by atoms with Crippen molar-refractivity contribution in [3.05, 3.63) is 0 Å². The van der Waals surface area contributed by atoms with Crippen molar-refractivity contribution in [2.24, 2.45) is 0 Å². The molecule has 1 unspecified atom stereocenters. The molecule has 0 aromatic heterocycles. The number of hydrogen-bond acceptors (Lipinski definition) is 3. The summed E-state index contributed by atoms with van der Waals surface area (Å²) in [6, 6.07) is 0. The van der Waals surface area contributed by atoms with E-state index in [4.69, 9.17) is 9.29 Å². The lowest BCUT2D eigenvalue weighted by Gasteiger charge is -2.12. The Balaban J connectivity index is 3.74. The van der Waals surface area contributed by atoms with Crippen LogP contribution in [0.2, 0.25) is 0 Å². The van der Waals surface area contributed by atoms with Crippen molar-refractivity contribution in [1.82, 2.24) is 0 Å². The van der Waals surface area contributed by atoms with E-state index < -0.39 is 22.8 Å². The Morgan fingerprint density at radius 2 is 2.00 bits per heavy atom. The lowest BCUT2D eigenvalue weighted by atomic mass is 10.2. The van der Waals surface area contributed by atoms with Gasteiger partial charge in [-0.1, -0.05) is 13.8 Å². The Bertz CT molecular complexity index is 165. The maximum Gasteiger partial charge on any atom is 0.321 e. The summed E-state index contributed by atoms with van der Waals surface area (Å²) in [5.74, 6) is -1.04. The number of rotatable bonds is 5. The summed E-state index contributed by atoms with van der Waals surface area (Å²) in [5, 5.41) is 0. The second-order valence-corrected chi connectivity index (χ2v) is 3.33. The summed E-state index contributed by atoms with van der Waals surface area (Å²) in [5.41, 5.74) is 0. The largest absolute Gasteiger partial charge is 0.462 e. The summed E-state index contributed by atoms with van der Waals surface area (Å²) in [6.45, 7) is 3.80. The van der Waals surface area contributed by atoms with Crippen LogP contribution in [0.15, 0.2) is 0 Å². The van der Waals surface area contributed by atoms with E-state index in [-0.39, 0.29) is 6.10 Å². The molecule has 0 amide bonds. The van der Waals surface area contributed by atoms with Crippen molar-refractivity contribution in [1.29, 1.82) is 0 Å². The second kappa shape index (κ2) is 6.14. The molecule has 5 heteroatoms. The Labute approximate surface area is 74.6 Å². The molecule has 0 heterocycles. The normalized spacial score (nSPS) is 13.0. The Hall–Kier alpha value is -0.420. The first-order chi connectivity index (χ1) is 5.60. The highest BCUT2D eigenvalue weighted by atomic mass is 32.2. The van der Waals surface area contributed by atoms with Gasteiger partial charge in [-0.05, 0) is 12.8 Å². The minimum atomic E-state index is -2.09. The average Bonchev–Trinajstić information content (AvgIpc) is 1.98. The van der Waals surface area contributed by atoms with Crippen LogP contribution in [0.1, 0.15) is 26.7 Å². The first-order valence-electron chi connectivity index (χ1n) is 3.87. The van der Waals surface area contributed by atoms with Crippen LogP contribution in [0, 0.1) is 0 Å². The van der Waals surface area contributed by atoms with Gasteiger partial charge < -0.3 is 9.29 Å². The molecule has 72 valence electrons. The molecule has 1 N–H and O–H groups in total. The molecule has 0 aliphatic rings. The molecule has 0 aromatic rings. The highest BCUT2D eigenvalue weighted by molar-refractivity contribution is 7.80. The molecule has 0 bridgehead atoms. The fourth-order valence-electron chi connectivity index (χ4n) is 0.776. The Morgan fingerprint density at radius 3 is 2.33 bits per heavy atom. The topological polar surface area (TPSA) is 63.6 Å². The van der Waals surface area contributed by atoms with Gasteiger partial charge in [0.15, 0.2) is 11.1 Å². The van der Waals surface area contributed by atoms with Crippen LogP contribution in [0.25, 0.3) is 0 Å². The van der Waals surface area contributed by atoms with Crippen molar-refractivity contribution in [3.8, 4) is 0 Å². The zero-order chi connectivity index (χ0) is 9.56. The van der Waals surface area contributed by atoms with Gasteiger partial charge in [-0.15, -0.1) is 0 Å². The fraction of sp³-hybridized carbons (Fsp3) is 0.857. The summed E-state index contributed by atoms with van der Waals surface area (Å²) in [7, 11) is 0.